The third kappa shape index (κ3) is 3.98. The molecule has 1 aliphatic rings. The van der Waals surface area contributed by atoms with Crippen LogP contribution in [0.1, 0.15) is 31.5 Å². The maximum absolute atomic E-state index is 5.84. The van der Waals surface area contributed by atoms with Crippen LogP contribution >= 0.6 is 0 Å². The van der Waals surface area contributed by atoms with Crippen LogP contribution in [0.25, 0.3) is 10.9 Å². The Morgan fingerprint density at radius 2 is 2.13 bits per heavy atom. The number of nitrogens with two attached hydrogens (primary N) is 1. The van der Waals surface area contributed by atoms with Crippen LogP contribution in [-0.4, -0.2) is 42.8 Å². The monoisotopic (exact) mass is 314 g/mol. The average Bonchev–Trinajstić information content (AvgIpc) is 2.60. The Hall–Kier alpha value is -1.72. The first kappa shape index (κ1) is 16.1. The van der Waals surface area contributed by atoms with E-state index in [1.54, 1.807) is 0 Å². The lowest BCUT2D eigenvalue weighted by molar-refractivity contribution is 0.0127. The van der Waals surface area contributed by atoms with Crippen molar-refractivity contribution in [1.82, 2.24) is 9.97 Å². The van der Waals surface area contributed by atoms with E-state index in [2.05, 4.69) is 23.0 Å². The zero-order valence-corrected chi connectivity index (χ0v) is 13.9. The molecular formula is C18H26N4O. The zero-order valence-electron chi connectivity index (χ0n) is 13.9. The van der Waals surface area contributed by atoms with Gasteiger partial charge in [-0.15, -0.1) is 0 Å². The lowest BCUT2D eigenvalue weighted by Gasteiger charge is -2.26. The Morgan fingerprint density at radius 3 is 2.91 bits per heavy atom. The Labute approximate surface area is 137 Å². The summed E-state index contributed by atoms with van der Waals surface area (Å²) in [6, 6.07) is 8.18. The molecule has 0 saturated carbocycles. The van der Waals surface area contributed by atoms with E-state index < -0.39 is 0 Å². The maximum Gasteiger partial charge on any atom is 0.139 e. The van der Waals surface area contributed by atoms with Crippen molar-refractivity contribution in [3.63, 3.8) is 0 Å². The number of fused-ring (bicyclic) bond motifs is 1. The predicted molar refractivity (Wildman–Crippen MR) is 93.8 cm³/mol. The number of para-hydroxylation sites is 1. The highest BCUT2D eigenvalue weighted by Gasteiger charge is 2.16. The summed E-state index contributed by atoms with van der Waals surface area (Å²) in [5.41, 5.74) is 6.66. The van der Waals surface area contributed by atoms with Gasteiger partial charge in [0.1, 0.15) is 11.6 Å². The van der Waals surface area contributed by atoms with Crippen molar-refractivity contribution < 1.29 is 4.74 Å². The van der Waals surface area contributed by atoms with Gasteiger partial charge in [0.15, 0.2) is 0 Å². The minimum atomic E-state index is 0.391. The third-order valence-electron chi connectivity index (χ3n) is 4.42. The van der Waals surface area contributed by atoms with E-state index in [0.29, 0.717) is 19.1 Å². The van der Waals surface area contributed by atoms with Gasteiger partial charge in [-0.3, -0.25) is 0 Å². The molecule has 2 aromatic rings. The number of rotatable bonds is 6. The van der Waals surface area contributed by atoms with Gasteiger partial charge in [-0.2, -0.15) is 0 Å². The van der Waals surface area contributed by atoms with Gasteiger partial charge in [-0.1, -0.05) is 12.1 Å². The van der Waals surface area contributed by atoms with E-state index in [9.17, 15) is 0 Å². The molecule has 3 rings (SSSR count). The SMILES string of the molecule is CN(CC[C@H]1CCCCO1)c1nc(CCN)nc2ccccc12. The number of nitrogens with zero attached hydrogens (tertiary/aromatic N) is 3. The number of hydrogen-bond donors (Lipinski definition) is 1. The summed E-state index contributed by atoms with van der Waals surface area (Å²) in [5.74, 6) is 1.82. The fourth-order valence-corrected chi connectivity index (χ4v) is 3.12. The van der Waals surface area contributed by atoms with Gasteiger partial charge < -0.3 is 15.4 Å². The van der Waals surface area contributed by atoms with E-state index >= 15 is 0 Å². The Balaban J connectivity index is 1.78. The summed E-state index contributed by atoms with van der Waals surface area (Å²) >= 11 is 0. The summed E-state index contributed by atoms with van der Waals surface area (Å²) < 4.78 is 5.84. The molecule has 0 bridgehead atoms. The summed E-state index contributed by atoms with van der Waals surface area (Å²) in [6.45, 7) is 2.41. The van der Waals surface area contributed by atoms with Crippen molar-refractivity contribution in [1.29, 1.82) is 0 Å². The normalized spacial score (nSPS) is 18.3. The molecule has 1 aromatic heterocycles. The number of aromatic nitrogens is 2. The van der Waals surface area contributed by atoms with Crippen LogP contribution in [0.3, 0.4) is 0 Å². The summed E-state index contributed by atoms with van der Waals surface area (Å²) in [4.78, 5) is 11.6. The molecule has 1 aromatic carbocycles. The Kier molecular flexibility index (Phi) is 5.41. The molecule has 2 N–H and O–H groups in total. The fourth-order valence-electron chi connectivity index (χ4n) is 3.12. The highest BCUT2D eigenvalue weighted by molar-refractivity contribution is 5.89. The maximum atomic E-state index is 5.84. The standard InChI is InChI=1S/C18H26N4O/c1-22(12-10-14-6-4-5-13-23-14)18-15-7-2-3-8-16(15)20-17(21-18)9-11-19/h2-3,7-8,14H,4-6,9-13,19H2,1H3/t14-/m1/s1. The second-order valence-corrected chi connectivity index (χ2v) is 6.22. The average molecular weight is 314 g/mol. The summed E-state index contributed by atoms with van der Waals surface area (Å²) in [5, 5.41) is 1.10. The van der Waals surface area contributed by atoms with Crippen LogP contribution in [-0.2, 0) is 11.2 Å². The van der Waals surface area contributed by atoms with Crippen LogP contribution in [0, 0.1) is 0 Å². The van der Waals surface area contributed by atoms with Crippen molar-refractivity contribution in [2.45, 2.75) is 38.2 Å². The molecule has 1 fully saturated rings. The van der Waals surface area contributed by atoms with E-state index in [4.69, 9.17) is 15.5 Å². The van der Waals surface area contributed by atoms with E-state index in [1.165, 1.54) is 19.3 Å². The van der Waals surface area contributed by atoms with Gasteiger partial charge in [-0.25, -0.2) is 9.97 Å². The molecule has 0 radical (unpaired) electrons. The fraction of sp³-hybridized carbons (Fsp3) is 0.556. The quantitative estimate of drug-likeness (QED) is 0.887. The second kappa shape index (κ2) is 7.70. The highest BCUT2D eigenvalue weighted by Crippen LogP contribution is 2.24. The molecule has 1 saturated heterocycles. The number of benzene rings is 1. The number of ether oxygens (including phenoxy) is 1. The van der Waals surface area contributed by atoms with Gasteiger partial charge in [-0.05, 0) is 44.4 Å². The first-order chi connectivity index (χ1) is 11.3. The molecular weight excluding hydrogens is 288 g/mol. The molecule has 0 amide bonds. The van der Waals surface area contributed by atoms with E-state index in [-0.39, 0.29) is 0 Å². The van der Waals surface area contributed by atoms with Crippen molar-refractivity contribution in [3.8, 4) is 0 Å². The van der Waals surface area contributed by atoms with Crippen molar-refractivity contribution in [2.24, 2.45) is 5.73 Å². The summed E-state index contributed by atoms with van der Waals surface area (Å²) in [7, 11) is 2.10. The topological polar surface area (TPSA) is 64.3 Å². The van der Waals surface area contributed by atoms with Crippen LogP contribution in [0.4, 0.5) is 5.82 Å². The first-order valence-electron chi connectivity index (χ1n) is 8.56. The predicted octanol–water partition coefficient (Wildman–Crippen LogP) is 2.53. The molecule has 23 heavy (non-hydrogen) atoms. The Morgan fingerprint density at radius 1 is 1.26 bits per heavy atom. The van der Waals surface area contributed by atoms with Crippen LogP contribution in [0.15, 0.2) is 24.3 Å². The lowest BCUT2D eigenvalue weighted by atomic mass is 10.1. The van der Waals surface area contributed by atoms with Crippen molar-refractivity contribution in [3.05, 3.63) is 30.1 Å². The van der Waals surface area contributed by atoms with Gasteiger partial charge in [0.2, 0.25) is 0 Å². The smallest absolute Gasteiger partial charge is 0.139 e. The highest BCUT2D eigenvalue weighted by atomic mass is 16.5. The van der Waals surface area contributed by atoms with Crippen molar-refractivity contribution >= 4 is 16.7 Å². The molecule has 5 heteroatoms. The Bertz CT molecular complexity index is 640. The largest absolute Gasteiger partial charge is 0.378 e. The molecule has 2 heterocycles. The molecule has 1 aliphatic heterocycles. The molecule has 1 atom stereocenters. The van der Waals surface area contributed by atoms with E-state index in [1.807, 2.05) is 18.2 Å². The molecule has 5 nitrogen and oxygen atoms in total. The number of hydrogen-bond acceptors (Lipinski definition) is 5. The molecule has 0 aliphatic carbocycles. The van der Waals surface area contributed by atoms with Crippen molar-refractivity contribution in [2.75, 3.05) is 31.6 Å². The second-order valence-electron chi connectivity index (χ2n) is 6.22. The summed E-state index contributed by atoms with van der Waals surface area (Å²) in [6.07, 6.45) is 5.80. The molecule has 124 valence electrons. The van der Waals surface area contributed by atoms with Gasteiger partial charge in [0, 0.05) is 32.0 Å². The van der Waals surface area contributed by atoms with Gasteiger partial charge in [0.05, 0.1) is 11.6 Å². The third-order valence-corrected chi connectivity index (χ3v) is 4.42. The van der Waals surface area contributed by atoms with Crippen LogP contribution in [0.5, 0.6) is 0 Å². The minimum Gasteiger partial charge on any atom is -0.378 e. The van der Waals surface area contributed by atoms with Gasteiger partial charge >= 0.3 is 0 Å². The van der Waals surface area contributed by atoms with E-state index in [0.717, 1.165) is 42.1 Å². The number of anilines is 1. The zero-order chi connectivity index (χ0) is 16.1. The van der Waals surface area contributed by atoms with Crippen LogP contribution < -0.4 is 10.6 Å². The lowest BCUT2D eigenvalue weighted by Crippen LogP contribution is -2.27. The minimum absolute atomic E-state index is 0.391. The molecule has 0 spiro atoms. The van der Waals surface area contributed by atoms with Crippen LogP contribution in [0.2, 0.25) is 0 Å². The molecule has 0 unspecified atom stereocenters. The van der Waals surface area contributed by atoms with Gasteiger partial charge in [0.25, 0.3) is 0 Å². The first-order valence-corrected chi connectivity index (χ1v) is 8.56.